The molecule has 0 bridgehead atoms. The first kappa shape index (κ1) is 11.3. The molecule has 0 unspecified atom stereocenters. The highest BCUT2D eigenvalue weighted by Gasteiger charge is 2.08. The lowest BCUT2D eigenvalue weighted by Gasteiger charge is -2.03. The Hall–Kier alpha value is -1.20. The lowest BCUT2D eigenvalue weighted by molar-refractivity contribution is 0.967. The Morgan fingerprint density at radius 2 is 2.12 bits per heavy atom. The second kappa shape index (κ2) is 4.35. The van der Waals surface area contributed by atoms with E-state index in [1.807, 2.05) is 12.3 Å². The summed E-state index contributed by atoms with van der Waals surface area (Å²) in [6.07, 6.45) is 0.663. The van der Waals surface area contributed by atoms with Gasteiger partial charge in [0.15, 0.2) is 4.77 Å². The van der Waals surface area contributed by atoms with Crippen LogP contribution in [0, 0.1) is 18.6 Å². The fourth-order valence-electron chi connectivity index (χ4n) is 1.58. The molecule has 3 nitrogen and oxygen atoms in total. The van der Waals surface area contributed by atoms with E-state index in [1.165, 1.54) is 10.4 Å². The van der Waals surface area contributed by atoms with Crippen LogP contribution >= 0.6 is 23.6 Å². The minimum Gasteiger partial charge on any atom is -0.336 e. The van der Waals surface area contributed by atoms with E-state index in [2.05, 4.69) is 23.0 Å². The summed E-state index contributed by atoms with van der Waals surface area (Å²) in [5.41, 5.74) is 2.75. The van der Waals surface area contributed by atoms with Gasteiger partial charge < -0.3 is 4.98 Å². The smallest absolute Gasteiger partial charge is 0.255 e. The van der Waals surface area contributed by atoms with Crippen molar-refractivity contribution in [1.29, 1.82) is 0 Å². The number of hydrogen-bond acceptors (Lipinski definition) is 3. The zero-order valence-electron chi connectivity index (χ0n) is 9.09. The highest BCUT2D eigenvalue weighted by Crippen LogP contribution is 2.19. The number of rotatable bonds is 2. The molecule has 0 saturated carbocycles. The van der Waals surface area contributed by atoms with Crippen molar-refractivity contribution in [2.24, 2.45) is 0 Å². The predicted molar refractivity (Wildman–Crippen MR) is 68.8 cm³/mol. The fourth-order valence-corrected chi connectivity index (χ4v) is 2.75. The molecule has 0 aliphatic rings. The van der Waals surface area contributed by atoms with E-state index < -0.39 is 0 Å². The maximum Gasteiger partial charge on any atom is 0.255 e. The van der Waals surface area contributed by atoms with Crippen molar-refractivity contribution in [3.8, 4) is 0 Å². The van der Waals surface area contributed by atoms with Gasteiger partial charge in [0.2, 0.25) is 0 Å². The SMILES string of the molecule is Cc1ccsc1Cc1c(C)[nH]c(=S)[nH]c1=O. The molecule has 2 aromatic rings. The van der Waals surface area contributed by atoms with Crippen molar-refractivity contribution in [3.63, 3.8) is 0 Å². The third kappa shape index (κ3) is 2.15. The molecule has 0 amide bonds. The van der Waals surface area contributed by atoms with Crippen LogP contribution in [0.5, 0.6) is 0 Å². The Morgan fingerprint density at radius 3 is 2.69 bits per heavy atom. The molecule has 0 aromatic carbocycles. The molecule has 2 N–H and O–H groups in total. The molecule has 2 heterocycles. The molecular weight excluding hydrogens is 240 g/mol. The van der Waals surface area contributed by atoms with E-state index in [0.717, 1.165) is 11.3 Å². The van der Waals surface area contributed by atoms with Crippen LogP contribution in [0.3, 0.4) is 0 Å². The molecule has 16 heavy (non-hydrogen) atoms. The first-order valence-corrected chi connectivity index (χ1v) is 6.22. The topological polar surface area (TPSA) is 48.6 Å². The van der Waals surface area contributed by atoms with Crippen LogP contribution in [0.15, 0.2) is 16.2 Å². The van der Waals surface area contributed by atoms with Gasteiger partial charge in [-0.25, -0.2) is 0 Å². The molecule has 0 aliphatic carbocycles. The van der Waals surface area contributed by atoms with E-state index in [0.29, 0.717) is 11.2 Å². The molecule has 2 aromatic heterocycles. The van der Waals surface area contributed by atoms with Crippen LogP contribution in [-0.4, -0.2) is 9.97 Å². The lowest BCUT2D eigenvalue weighted by Crippen LogP contribution is -2.16. The van der Waals surface area contributed by atoms with E-state index in [9.17, 15) is 4.79 Å². The van der Waals surface area contributed by atoms with Gasteiger partial charge in [-0.2, -0.15) is 0 Å². The fraction of sp³-hybridized carbons (Fsp3) is 0.273. The summed E-state index contributed by atoms with van der Waals surface area (Å²) in [6, 6.07) is 2.06. The van der Waals surface area contributed by atoms with Crippen molar-refractivity contribution in [1.82, 2.24) is 9.97 Å². The lowest BCUT2D eigenvalue weighted by atomic mass is 10.1. The average Bonchev–Trinajstić information content (AvgIpc) is 2.57. The number of H-pyrrole nitrogens is 2. The number of thiophene rings is 1. The minimum absolute atomic E-state index is 0.0888. The average molecular weight is 252 g/mol. The van der Waals surface area contributed by atoms with E-state index >= 15 is 0 Å². The third-order valence-electron chi connectivity index (χ3n) is 2.56. The number of aromatic nitrogens is 2. The molecule has 0 fully saturated rings. The van der Waals surface area contributed by atoms with Gasteiger partial charge in [0.1, 0.15) is 0 Å². The maximum absolute atomic E-state index is 11.8. The Bertz CT molecular complexity index is 621. The molecule has 0 spiro atoms. The quantitative estimate of drug-likeness (QED) is 0.807. The predicted octanol–water partition coefficient (Wildman–Crippen LogP) is 2.70. The van der Waals surface area contributed by atoms with Gasteiger partial charge in [-0.05, 0) is 43.1 Å². The first-order chi connectivity index (χ1) is 7.58. The Morgan fingerprint density at radius 1 is 1.38 bits per heavy atom. The summed E-state index contributed by atoms with van der Waals surface area (Å²) in [6.45, 7) is 3.93. The number of aromatic amines is 2. The summed E-state index contributed by atoms with van der Waals surface area (Å²) in [5.74, 6) is 0. The summed E-state index contributed by atoms with van der Waals surface area (Å²) in [5, 5.41) is 2.04. The maximum atomic E-state index is 11.8. The molecule has 0 radical (unpaired) electrons. The first-order valence-electron chi connectivity index (χ1n) is 4.93. The summed E-state index contributed by atoms with van der Waals surface area (Å²) in [7, 11) is 0. The second-order valence-corrected chi connectivity index (χ2v) is 5.12. The molecule has 0 atom stereocenters. The third-order valence-corrected chi connectivity index (χ3v) is 3.79. The van der Waals surface area contributed by atoms with Gasteiger partial charge in [0, 0.05) is 22.6 Å². The molecule has 0 aliphatic heterocycles. The number of nitrogens with one attached hydrogen (secondary N) is 2. The minimum atomic E-state index is -0.0888. The van der Waals surface area contributed by atoms with Gasteiger partial charge in [-0.1, -0.05) is 0 Å². The number of hydrogen-bond donors (Lipinski definition) is 2. The van der Waals surface area contributed by atoms with Crippen LogP contribution in [0.1, 0.15) is 21.7 Å². The molecule has 2 rings (SSSR count). The van der Waals surface area contributed by atoms with Crippen LogP contribution in [0.4, 0.5) is 0 Å². The Kier molecular flexibility index (Phi) is 3.07. The summed E-state index contributed by atoms with van der Waals surface area (Å²) < 4.78 is 0.383. The zero-order valence-corrected chi connectivity index (χ0v) is 10.7. The normalized spacial score (nSPS) is 10.6. The van der Waals surface area contributed by atoms with Gasteiger partial charge >= 0.3 is 0 Å². The summed E-state index contributed by atoms with van der Waals surface area (Å²) in [4.78, 5) is 18.6. The summed E-state index contributed by atoms with van der Waals surface area (Å²) >= 11 is 6.59. The van der Waals surface area contributed by atoms with Crippen LogP contribution in [0.2, 0.25) is 0 Å². The van der Waals surface area contributed by atoms with Crippen molar-refractivity contribution in [2.45, 2.75) is 20.3 Å². The molecule has 84 valence electrons. The van der Waals surface area contributed by atoms with Crippen molar-refractivity contribution in [3.05, 3.63) is 48.3 Å². The van der Waals surface area contributed by atoms with Crippen LogP contribution in [0.25, 0.3) is 0 Å². The highest BCUT2D eigenvalue weighted by atomic mass is 32.1. The zero-order chi connectivity index (χ0) is 11.7. The van der Waals surface area contributed by atoms with Gasteiger partial charge in [0.25, 0.3) is 5.56 Å². The van der Waals surface area contributed by atoms with Crippen LogP contribution < -0.4 is 5.56 Å². The Labute approximate surface area is 102 Å². The highest BCUT2D eigenvalue weighted by molar-refractivity contribution is 7.71. The largest absolute Gasteiger partial charge is 0.336 e. The van der Waals surface area contributed by atoms with Gasteiger partial charge in [0.05, 0.1) is 0 Å². The molecule has 0 saturated heterocycles. The molecule has 5 heteroatoms. The van der Waals surface area contributed by atoms with E-state index in [1.54, 1.807) is 11.3 Å². The van der Waals surface area contributed by atoms with Gasteiger partial charge in [-0.15, -0.1) is 11.3 Å². The molecular formula is C11H12N2OS2. The standard InChI is InChI=1S/C11H12N2OS2/c1-6-3-4-16-9(6)5-8-7(2)12-11(15)13-10(8)14/h3-4H,5H2,1-2H3,(H2,12,13,14,15). The van der Waals surface area contributed by atoms with E-state index in [4.69, 9.17) is 12.2 Å². The van der Waals surface area contributed by atoms with Crippen molar-refractivity contribution >= 4 is 23.6 Å². The Balaban J connectivity index is 2.47. The van der Waals surface area contributed by atoms with Crippen molar-refractivity contribution in [2.75, 3.05) is 0 Å². The monoisotopic (exact) mass is 252 g/mol. The van der Waals surface area contributed by atoms with Crippen LogP contribution in [-0.2, 0) is 6.42 Å². The van der Waals surface area contributed by atoms with E-state index in [-0.39, 0.29) is 5.56 Å². The number of aryl methyl sites for hydroxylation is 2. The van der Waals surface area contributed by atoms with Crippen molar-refractivity contribution < 1.29 is 0 Å². The van der Waals surface area contributed by atoms with Gasteiger partial charge in [-0.3, -0.25) is 9.78 Å². The second-order valence-electron chi connectivity index (χ2n) is 3.72.